The molecule has 8 heteroatoms. The third-order valence-corrected chi connectivity index (χ3v) is 5.50. The molecule has 1 aliphatic heterocycles. The quantitative estimate of drug-likeness (QED) is 0.671. The molecule has 7 nitrogen and oxygen atoms in total. The Balaban J connectivity index is 1.73. The summed E-state index contributed by atoms with van der Waals surface area (Å²) in [6, 6.07) is 5.90. The van der Waals surface area contributed by atoms with Crippen molar-refractivity contribution in [1.29, 1.82) is 0 Å². The largest absolute Gasteiger partial charge is 0.349 e. The molecule has 3 amide bonds. The smallest absolute Gasteiger partial charge is 0.289 e. The number of nitrogens with one attached hydrogen (secondary N) is 3. The number of carbonyl (C=O) groups is 4. The van der Waals surface area contributed by atoms with Crippen LogP contribution in [-0.2, 0) is 14.4 Å². The summed E-state index contributed by atoms with van der Waals surface area (Å²) in [4.78, 5) is 48.8. The Morgan fingerprint density at radius 3 is 2.70 bits per heavy atom. The predicted molar refractivity (Wildman–Crippen MR) is 102 cm³/mol. The lowest BCUT2D eigenvalue weighted by Crippen LogP contribution is -2.58. The Bertz CT molecular complexity index is 905. The SMILES string of the molecule is CC(C)C(NC(=O)c1csc2ccccc12)C(=O)NC1CCNC(=O)C1=O. The lowest BCUT2D eigenvalue weighted by molar-refractivity contribution is -0.142. The highest BCUT2D eigenvalue weighted by Crippen LogP contribution is 2.25. The van der Waals surface area contributed by atoms with Crippen molar-refractivity contribution < 1.29 is 19.2 Å². The second-order valence-corrected chi connectivity index (χ2v) is 7.72. The molecule has 0 radical (unpaired) electrons. The minimum atomic E-state index is -0.855. The fraction of sp³-hybridized carbons (Fsp3) is 0.368. The molecule has 1 aliphatic rings. The van der Waals surface area contributed by atoms with Crippen molar-refractivity contribution in [2.75, 3.05) is 6.54 Å². The number of thiophene rings is 1. The Kier molecular flexibility index (Phi) is 5.55. The van der Waals surface area contributed by atoms with Crippen LogP contribution in [0.5, 0.6) is 0 Å². The van der Waals surface area contributed by atoms with E-state index in [2.05, 4.69) is 16.0 Å². The van der Waals surface area contributed by atoms with Gasteiger partial charge in [-0.25, -0.2) is 0 Å². The molecule has 0 aliphatic carbocycles. The summed E-state index contributed by atoms with van der Waals surface area (Å²) in [5, 5.41) is 10.4. The lowest BCUT2D eigenvalue weighted by atomic mass is 10.00. The number of hydrogen-bond acceptors (Lipinski definition) is 5. The van der Waals surface area contributed by atoms with Crippen LogP contribution in [0.25, 0.3) is 10.1 Å². The maximum atomic E-state index is 12.7. The molecular formula is C19H21N3O4S. The first-order valence-corrected chi connectivity index (χ1v) is 9.66. The molecule has 0 spiro atoms. The zero-order valence-electron chi connectivity index (χ0n) is 15.1. The van der Waals surface area contributed by atoms with Gasteiger partial charge in [-0.15, -0.1) is 11.3 Å². The molecule has 142 valence electrons. The molecule has 1 aromatic carbocycles. The highest BCUT2D eigenvalue weighted by Gasteiger charge is 2.33. The van der Waals surface area contributed by atoms with Gasteiger partial charge in [0.2, 0.25) is 11.7 Å². The van der Waals surface area contributed by atoms with Crippen molar-refractivity contribution >= 4 is 44.9 Å². The average molecular weight is 387 g/mol. The summed E-state index contributed by atoms with van der Waals surface area (Å²) < 4.78 is 0.993. The van der Waals surface area contributed by atoms with Gasteiger partial charge in [0.1, 0.15) is 6.04 Å². The number of carbonyl (C=O) groups excluding carboxylic acids is 4. The molecule has 1 saturated heterocycles. The molecule has 2 aromatic rings. The monoisotopic (exact) mass is 387 g/mol. The van der Waals surface area contributed by atoms with E-state index in [-0.39, 0.29) is 11.8 Å². The van der Waals surface area contributed by atoms with Gasteiger partial charge in [0, 0.05) is 22.0 Å². The van der Waals surface area contributed by atoms with Crippen molar-refractivity contribution in [3.63, 3.8) is 0 Å². The number of amides is 3. The van der Waals surface area contributed by atoms with Gasteiger partial charge >= 0.3 is 0 Å². The summed E-state index contributed by atoms with van der Waals surface area (Å²) in [5.74, 6) is -2.35. The Hall–Kier alpha value is -2.74. The van der Waals surface area contributed by atoms with Crippen LogP contribution in [0.3, 0.4) is 0 Å². The third kappa shape index (κ3) is 4.00. The van der Waals surface area contributed by atoms with Gasteiger partial charge in [-0.1, -0.05) is 32.0 Å². The first-order valence-electron chi connectivity index (χ1n) is 8.78. The van der Waals surface area contributed by atoms with Gasteiger partial charge < -0.3 is 16.0 Å². The van der Waals surface area contributed by atoms with E-state index < -0.39 is 29.7 Å². The molecule has 2 heterocycles. The molecule has 0 bridgehead atoms. The molecule has 3 N–H and O–H groups in total. The number of benzene rings is 1. The highest BCUT2D eigenvalue weighted by atomic mass is 32.1. The number of hydrogen-bond donors (Lipinski definition) is 3. The molecule has 1 fully saturated rings. The minimum absolute atomic E-state index is 0.189. The van der Waals surface area contributed by atoms with Crippen LogP contribution in [0.4, 0.5) is 0 Å². The summed E-state index contributed by atoms with van der Waals surface area (Å²) in [6.45, 7) is 3.95. The van der Waals surface area contributed by atoms with E-state index >= 15 is 0 Å². The van der Waals surface area contributed by atoms with Crippen LogP contribution in [0.1, 0.15) is 30.6 Å². The van der Waals surface area contributed by atoms with Gasteiger partial charge in [0.05, 0.1) is 11.6 Å². The van der Waals surface area contributed by atoms with Crippen LogP contribution in [-0.4, -0.2) is 42.1 Å². The fourth-order valence-electron chi connectivity index (χ4n) is 3.01. The summed E-state index contributed by atoms with van der Waals surface area (Å²) in [6.07, 6.45) is 0.338. The van der Waals surface area contributed by atoms with Crippen LogP contribution in [0.2, 0.25) is 0 Å². The second kappa shape index (κ2) is 7.87. The van der Waals surface area contributed by atoms with E-state index in [0.717, 1.165) is 10.1 Å². The van der Waals surface area contributed by atoms with Crippen LogP contribution < -0.4 is 16.0 Å². The highest BCUT2D eigenvalue weighted by molar-refractivity contribution is 7.17. The summed E-state index contributed by atoms with van der Waals surface area (Å²) in [7, 11) is 0. The van der Waals surface area contributed by atoms with Crippen LogP contribution in [0, 0.1) is 5.92 Å². The number of piperidine rings is 1. The van der Waals surface area contributed by atoms with Crippen molar-refractivity contribution in [2.45, 2.75) is 32.4 Å². The van der Waals surface area contributed by atoms with Crippen molar-refractivity contribution in [3.05, 3.63) is 35.2 Å². The molecule has 3 rings (SSSR count). The molecule has 2 atom stereocenters. The second-order valence-electron chi connectivity index (χ2n) is 6.81. The standard InChI is InChI=1S/C19H21N3O4S/c1-10(2)15(18(25)21-13-7-8-20-19(26)16(13)23)22-17(24)12-9-27-14-6-4-3-5-11(12)14/h3-6,9-10,13,15H,7-8H2,1-2H3,(H,20,26)(H,21,25)(H,22,24). The lowest BCUT2D eigenvalue weighted by Gasteiger charge is -2.26. The predicted octanol–water partition coefficient (Wildman–Crippen LogP) is 1.23. The van der Waals surface area contributed by atoms with E-state index in [9.17, 15) is 19.2 Å². The normalized spacial score (nSPS) is 18.3. The number of fused-ring (bicyclic) bond motifs is 1. The van der Waals surface area contributed by atoms with E-state index in [1.165, 1.54) is 11.3 Å². The van der Waals surface area contributed by atoms with E-state index in [4.69, 9.17) is 0 Å². The Labute approximate surface area is 160 Å². The number of ketones is 1. The minimum Gasteiger partial charge on any atom is -0.349 e. The first kappa shape index (κ1) is 19.0. The molecule has 1 aromatic heterocycles. The molecule has 27 heavy (non-hydrogen) atoms. The van der Waals surface area contributed by atoms with Gasteiger partial charge in [-0.2, -0.15) is 0 Å². The van der Waals surface area contributed by atoms with Crippen LogP contribution >= 0.6 is 11.3 Å². The third-order valence-electron chi connectivity index (χ3n) is 4.54. The Morgan fingerprint density at radius 1 is 1.22 bits per heavy atom. The summed E-state index contributed by atoms with van der Waals surface area (Å²) >= 11 is 1.46. The summed E-state index contributed by atoms with van der Waals surface area (Å²) in [5.41, 5.74) is 0.516. The maximum absolute atomic E-state index is 12.7. The van der Waals surface area contributed by atoms with Gasteiger partial charge in [-0.05, 0) is 18.4 Å². The van der Waals surface area contributed by atoms with Crippen molar-refractivity contribution in [1.82, 2.24) is 16.0 Å². The Morgan fingerprint density at radius 2 is 1.96 bits per heavy atom. The van der Waals surface area contributed by atoms with E-state index in [1.807, 2.05) is 38.1 Å². The molecular weight excluding hydrogens is 366 g/mol. The van der Waals surface area contributed by atoms with E-state index in [0.29, 0.717) is 18.5 Å². The van der Waals surface area contributed by atoms with Gasteiger partial charge in [0.15, 0.2) is 0 Å². The van der Waals surface area contributed by atoms with Crippen LogP contribution in [0.15, 0.2) is 29.6 Å². The van der Waals surface area contributed by atoms with Gasteiger partial charge in [-0.3, -0.25) is 19.2 Å². The zero-order valence-corrected chi connectivity index (χ0v) is 15.9. The molecule has 0 saturated carbocycles. The topological polar surface area (TPSA) is 104 Å². The maximum Gasteiger partial charge on any atom is 0.289 e. The first-order chi connectivity index (χ1) is 12.9. The number of Topliss-reactive ketones (excluding diaryl/α,β-unsaturated/α-hetero) is 1. The fourth-order valence-corrected chi connectivity index (χ4v) is 3.95. The molecule has 2 unspecified atom stereocenters. The zero-order chi connectivity index (χ0) is 19.6. The van der Waals surface area contributed by atoms with Gasteiger partial charge in [0.25, 0.3) is 11.8 Å². The number of rotatable bonds is 5. The van der Waals surface area contributed by atoms with E-state index in [1.54, 1.807) is 5.38 Å². The van der Waals surface area contributed by atoms with Crippen molar-refractivity contribution in [3.8, 4) is 0 Å². The average Bonchev–Trinajstić information content (AvgIpc) is 3.07. The van der Waals surface area contributed by atoms with Crippen molar-refractivity contribution in [2.24, 2.45) is 5.92 Å².